The predicted molar refractivity (Wildman–Crippen MR) is 121 cm³/mol. The number of hydrogen-bond acceptors (Lipinski definition) is 5. The van der Waals surface area contributed by atoms with Crippen LogP contribution in [0, 0.1) is 5.41 Å². The Balaban J connectivity index is 2.61. The Hall–Kier alpha value is -2.08. The number of carbonyl (C=O) groups is 2. The van der Waals surface area contributed by atoms with E-state index in [0.717, 1.165) is 5.56 Å². The second kappa shape index (κ2) is 10.3. The number of alkyl carbamates (subject to hydrolysis) is 1. The van der Waals surface area contributed by atoms with Gasteiger partial charge in [-0.2, -0.15) is 0 Å². The summed E-state index contributed by atoms with van der Waals surface area (Å²) in [6.45, 7) is 18.2. The van der Waals surface area contributed by atoms with Crippen LogP contribution in [0.2, 0.25) is 0 Å². The molecule has 0 saturated heterocycles. The van der Waals surface area contributed by atoms with Crippen LogP contribution < -0.4 is 15.4 Å². The molecule has 170 valence electrons. The van der Waals surface area contributed by atoms with Crippen molar-refractivity contribution in [1.82, 2.24) is 10.6 Å². The summed E-state index contributed by atoms with van der Waals surface area (Å²) in [4.78, 5) is 24.5. The van der Waals surface area contributed by atoms with Crippen LogP contribution in [0.15, 0.2) is 24.3 Å². The van der Waals surface area contributed by atoms with Crippen LogP contribution in [-0.4, -0.2) is 42.2 Å². The number of hydrogen-bond donors (Lipinski definition) is 2. The minimum Gasteiger partial charge on any atom is -0.492 e. The van der Waals surface area contributed by atoms with E-state index in [4.69, 9.17) is 9.47 Å². The van der Waals surface area contributed by atoms with Crippen molar-refractivity contribution in [3.05, 3.63) is 29.8 Å². The van der Waals surface area contributed by atoms with Crippen LogP contribution in [0.3, 0.4) is 0 Å². The van der Waals surface area contributed by atoms with Crippen molar-refractivity contribution < 1.29 is 19.1 Å². The second-order valence-electron chi connectivity index (χ2n) is 10.7. The summed E-state index contributed by atoms with van der Waals surface area (Å²) in [5.41, 5.74) is -0.0221. The summed E-state index contributed by atoms with van der Waals surface area (Å²) in [5.74, 6) is 0.915. The standard InChI is InChI=1S/C24H40N2O4/c1-22(2,3)20(27)19(26-23(4,5)6)16-17-10-12-18(13-11-17)29-15-14-25-21(28)30-24(7,8)9/h10-13,19,26H,14-16H2,1-9H3,(H,25,28). The van der Waals surface area contributed by atoms with Gasteiger partial charge in [0.25, 0.3) is 0 Å². The quantitative estimate of drug-likeness (QED) is 0.605. The normalized spacial score (nSPS) is 13.5. The van der Waals surface area contributed by atoms with Crippen LogP contribution in [0.1, 0.15) is 67.9 Å². The zero-order valence-corrected chi connectivity index (χ0v) is 20.1. The minimum absolute atomic E-state index is 0.157. The summed E-state index contributed by atoms with van der Waals surface area (Å²) < 4.78 is 10.9. The van der Waals surface area contributed by atoms with Crippen LogP contribution in [0.25, 0.3) is 0 Å². The average molecular weight is 421 g/mol. The third-order valence-electron chi connectivity index (χ3n) is 4.07. The van der Waals surface area contributed by atoms with Crippen molar-refractivity contribution in [2.45, 2.75) is 85.9 Å². The zero-order valence-electron chi connectivity index (χ0n) is 20.1. The fourth-order valence-corrected chi connectivity index (χ4v) is 2.85. The Morgan fingerprint density at radius 2 is 1.50 bits per heavy atom. The van der Waals surface area contributed by atoms with Gasteiger partial charge < -0.3 is 20.1 Å². The van der Waals surface area contributed by atoms with Gasteiger partial charge in [0, 0.05) is 11.0 Å². The van der Waals surface area contributed by atoms with E-state index in [0.29, 0.717) is 25.3 Å². The summed E-state index contributed by atoms with van der Waals surface area (Å²) >= 11 is 0. The molecule has 1 amide bonds. The SMILES string of the molecule is CC(C)(C)NC(Cc1ccc(OCCNC(=O)OC(C)(C)C)cc1)C(=O)C(C)(C)C. The van der Waals surface area contributed by atoms with E-state index < -0.39 is 17.1 Å². The van der Waals surface area contributed by atoms with E-state index in [2.05, 4.69) is 31.4 Å². The first-order valence-corrected chi connectivity index (χ1v) is 10.6. The lowest BCUT2D eigenvalue weighted by molar-refractivity contribution is -0.128. The van der Waals surface area contributed by atoms with Crippen molar-refractivity contribution in [3.63, 3.8) is 0 Å². The number of rotatable bonds is 8. The van der Waals surface area contributed by atoms with Crippen LogP contribution >= 0.6 is 0 Å². The predicted octanol–water partition coefficient (Wildman–Crippen LogP) is 4.50. The third-order valence-corrected chi connectivity index (χ3v) is 4.07. The Kier molecular flexibility index (Phi) is 8.90. The van der Waals surface area contributed by atoms with E-state index in [-0.39, 0.29) is 17.4 Å². The molecule has 2 N–H and O–H groups in total. The number of nitrogens with one attached hydrogen (secondary N) is 2. The summed E-state index contributed by atoms with van der Waals surface area (Å²) in [5, 5.41) is 6.12. The molecule has 30 heavy (non-hydrogen) atoms. The first kappa shape index (κ1) is 26.0. The highest BCUT2D eigenvalue weighted by Gasteiger charge is 2.32. The summed E-state index contributed by atoms with van der Waals surface area (Å²) in [6.07, 6.45) is 0.163. The molecule has 0 aromatic heterocycles. The van der Waals surface area contributed by atoms with Gasteiger partial charge in [0.05, 0.1) is 12.6 Å². The highest BCUT2D eigenvalue weighted by Crippen LogP contribution is 2.21. The Labute approximate surface area is 182 Å². The monoisotopic (exact) mass is 420 g/mol. The minimum atomic E-state index is -0.519. The molecule has 0 heterocycles. The Morgan fingerprint density at radius 1 is 0.933 bits per heavy atom. The lowest BCUT2D eigenvalue weighted by atomic mass is 9.83. The molecule has 6 heteroatoms. The van der Waals surface area contributed by atoms with Gasteiger partial charge in [0.2, 0.25) is 0 Å². The topological polar surface area (TPSA) is 76.7 Å². The number of carbonyl (C=O) groups excluding carboxylic acids is 2. The molecule has 0 aliphatic heterocycles. The Bertz CT molecular complexity index is 692. The van der Waals surface area contributed by atoms with Crippen molar-refractivity contribution in [2.24, 2.45) is 5.41 Å². The van der Waals surface area contributed by atoms with Gasteiger partial charge in [-0.05, 0) is 65.7 Å². The van der Waals surface area contributed by atoms with Crippen molar-refractivity contribution >= 4 is 11.9 Å². The van der Waals surface area contributed by atoms with E-state index in [1.54, 1.807) is 0 Å². The van der Waals surface area contributed by atoms with Gasteiger partial charge in [-0.25, -0.2) is 4.79 Å². The van der Waals surface area contributed by atoms with Crippen LogP contribution in [-0.2, 0) is 16.0 Å². The number of ketones is 1. The molecule has 0 saturated carbocycles. The molecule has 0 aliphatic rings. The number of Topliss-reactive ketones (excluding diaryl/α,β-unsaturated/α-hetero) is 1. The molecule has 1 aromatic carbocycles. The summed E-state index contributed by atoms with van der Waals surface area (Å²) in [6, 6.07) is 7.47. The first-order valence-electron chi connectivity index (χ1n) is 10.6. The number of amides is 1. The fraction of sp³-hybridized carbons (Fsp3) is 0.667. The lowest BCUT2D eigenvalue weighted by Crippen LogP contribution is -2.51. The molecule has 6 nitrogen and oxygen atoms in total. The maximum atomic E-state index is 12.9. The van der Waals surface area contributed by atoms with Gasteiger partial charge in [0.1, 0.15) is 18.0 Å². The molecule has 1 unspecified atom stereocenters. The molecule has 0 spiro atoms. The van der Waals surface area contributed by atoms with Crippen LogP contribution in [0.5, 0.6) is 5.75 Å². The molecule has 1 rings (SSSR count). The molecule has 0 fully saturated rings. The molecule has 0 radical (unpaired) electrons. The first-order chi connectivity index (χ1) is 13.6. The largest absolute Gasteiger partial charge is 0.492 e. The summed E-state index contributed by atoms with van der Waals surface area (Å²) in [7, 11) is 0. The smallest absolute Gasteiger partial charge is 0.407 e. The molecular formula is C24H40N2O4. The van der Waals surface area contributed by atoms with Gasteiger partial charge in [-0.1, -0.05) is 32.9 Å². The highest BCUT2D eigenvalue weighted by molar-refractivity contribution is 5.89. The van der Waals surface area contributed by atoms with E-state index in [9.17, 15) is 9.59 Å². The van der Waals surface area contributed by atoms with E-state index in [1.165, 1.54) is 0 Å². The molecule has 0 aliphatic carbocycles. The van der Waals surface area contributed by atoms with Crippen molar-refractivity contribution in [2.75, 3.05) is 13.2 Å². The highest BCUT2D eigenvalue weighted by atomic mass is 16.6. The second-order valence-corrected chi connectivity index (χ2v) is 10.7. The Morgan fingerprint density at radius 3 is 1.97 bits per heavy atom. The molecule has 1 atom stereocenters. The molecular weight excluding hydrogens is 380 g/mol. The van der Waals surface area contributed by atoms with Crippen LogP contribution in [0.4, 0.5) is 4.79 Å². The van der Waals surface area contributed by atoms with E-state index >= 15 is 0 Å². The van der Waals surface area contributed by atoms with Gasteiger partial charge in [0.15, 0.2) is 5.78 Å². The third kappa shape index (κ3) is 10.6. The molecule has 1 aromatic rings. The van der Waals surface area contributed by atoms with Gasteiger partial charge in [-0.15, -0.1) is 0 Å². The van der Waals surface area contributed by atoms with Gasteiger partial charge >= 0.3 is 6.09 Å². The fourth-order valence-electron chi connectivity index (χ4n) is 2.85. The molecule has 0 bridgehead atoms. The zero-order chi connectivity index (χ0) is 23.2. The number of benzene rings is 1. The average Bonchev–Trinajstić information content (AvgIpc) is 2.55. The van der Waals surface area contributed by atoms with Gasteiger partial charge in [-0.3, -0.25) is 4.79 Å². The number of ether oxygens (including phenoxy) is 2. The lowest BCUT2D eigenvalue weighted by Gasteiger charge is -2.32. The maximum Gasteiger partial charge on any atom is 0.407 e. The van der Waals surface area contributed by atoms with E-state index in [1.807, 2.05) is 65.8 Å². The van der Waals surface area contributed by atoms with Crippen molar-refractivity contribution in [3.8, 4) is 5.75 Å². The van der Waals surface area contributed by atoms with Crippen molar-refractivity contribution in [1.29, 1.82) is 0 Å². The maximum absolute atomic E-state index is 12.9.